The van der Waals surface area contributed by atoms with Gasteiger partial charge in [-0.05, 0) is 38.5 Å². The van der Waals surface area contributed by atoms with E-state index in [0.29, 0.717) is 5.56 Å². The van der Waals surface area contributed by atoms with Gasteiger partial charge in [-0.2, -0.15) is 0 Å². The summed E-state index contributed by atoms with van der Waals surface area (Å²) < 4.78 is 22.7. The number of carbonyl (C=O) groups excluding carboxylic acids is 3. The van der Waals surface area contributed by atoms with Crippen LogP contribution in [0.5, 0.6) is 0 Å². The number of rotatable bonds is 1. The monoisotopic (exact) mass is 309 g/mol. The fraction of sp³-hybridized carbons (Fsp3) is 0.400. The highest BCUT2D eigenvalue weighted by molar-refractivity contribution is 5.97. The van der Waals surface area contributed by atoms with E-state index < -0.39 is 35.6 Å². The van der Waals surface area contributed by atoms with E-state index in [1.807, 2.05) is 0 Å². The van der Waals surface area contributed by atoms with Crippen molar-refractivity contribution < 1.29 is 28.2 Å². The van der Waals surface area contributed by atoms with Crippen LogP contribution in [0, 0.1) is 5.82 Å². The van der Waals surface area contributed by atoms with Crippen molar-refractivity contribution in [2.24, 2.45) is 0 Å². The summed E-state index contributed by atoms with van der Waals surface area (Å²) in [5.74, 6) is -1.21. The second-order valence-electron chi connectivity index (χ2n) is 5.86. The molecule has 0 bridgehead atoms. The molecule has 1 saturated heterocycles. The average Bonchev–Trinajstić information content (AvgIpc) is 2.36. The third kappa shape index (κ3) is 3.60. The maximum atomic E-state index is 13.0. The molecule has 0 N–H and O–H groups in total. The van der Waals surface area contributed by atoms with Crippen LogP contribution in [-0.4, -0.2) is 28.7 Å². The molecule has 2 amide bonds. The zero-order valence-electron chi connectivity index (χ0n) is 12.5. The van der Waals surface area contributed by atoms with Gasteiger partial charge in [-0.3, -0.25) is 4.79 Å². The lowest BCUT2D eigenvalue weighted by molar-refractivity contribution is -0.143. The summed E-state index contributed by atoms with van der Waals surface area (Å²) in [5.41, 5.74) is -0.371. The van der Waals surface area contributed by atoms with Crippen molar-refractivity contribution in [1.29, 1.82) is 0 Å². The van der Waals surface area contributed by atoms with Gasteiger partial charge in [0.2, 0.25) is 0 Å². The second-order valence-corrected chi connectivity index (χ2v) is 5.86. The van der Waals surface area contributed by atoms with Gasteiger partial charge in [0.15, 0.2) is 0 Å². The SMILES string of the molecule is CC(C)(C)OC(=O)N1C(=O)OC(=O)C[C@@H]1c1ccc(F)cc1. The number of benzene rings is 1. The Morgan fingerprint density at radius 3 is 2.41 bits per heavy atom. The normalized spacial score (nSPS) is 18.9. The van der Waals surface area contributed by atoms with E-state index in [1.54, 1.807) is 20.8 Å². The molecule has 0 radical (unpaired) electrons. The number of esters is 1. The number of ether oxygens (including phenoxy) is 2. The first kappa shape index (κ1) is 15.9. The van der Waals surface area contributed by atoms with Gasteiger partial charge in [-0.1, -0.05) is 12.1 Å². The molecule has 0 aliphatic carbocycles. The molecule has 1 heterocycles. The Morgan fingerprint density at radius 1 is 1.27 bits per heavy atom. The number of cyclic esters (lactones) is 2. The summed E-state index contributed by atoms with van der Waals surface area (Å²) in [4.78, 5) is 36.3. The molecule has 1 aliphatic rings. The van der Waals surface area contributed by atoms with Crippen LogP contribution < -0.4 is 0 Å². The predicted molar refractivity (Wildman–Crippen MR) is 73.3 cm³/mol. The van der Waals surface area contributed by atoms with Gasteiger partial charge < -0.3 is 9.47 Å². The highest BCUT2D eigenvalue weighted by Crippen LogP contribution is 2.31. The van der Waals surface area contributed by atoms with E-state index in [-0.39, 0.29) is 6.42 Å². The summed E-state index contributed by atoms with van der Waals surface area (Å²) in [6.07, 6.45) is -2.23. The van der Waals surface area contributed by atoms with Gasteiger partial charge >= 0.3 is 18.2 Å². The summed E-state index contributed by atoms with van der Waals surface area (Å²) in [7, 11) is 0. The first-order chi connectivity index (χ1) is 10.2. The minimum Gasteiger partial charge on any atom is -0.443 e. The fourth-order valence-electron chi connectivity index (χ4n) is 2.03. The van der Waals surface area contributed by atoms with Gasteiger partial charge in [0, 0.05) is 0 Å². The molecule has 1 aromatic rings. The van der Waals surface area contributed by atoms with Crippen molar-refractivity contribution in [1.82, 2.24) is 4.90 Å². The quantitative estimate of drug-likeness (QED) is 0.588. The fourth-order valence-corrected chi connectivity index (χ4v) is 2.03. The highest BCUT2D eigenvalue weighted by Gasteiger charge is 2.42. The molecule has 0 unspecified atom stereocenters. The minimum atomic E-state index is -1.10. The predicted octanol–water partition coefficient (Wildman–Crippen LogP) is 3.17. The standard InChI is InChI=1S/C15H16FNO5/c1-15(2,3)22-14(20)17-11(8-12(18)21-13(17)19)9-4-6-10(16)7-5-9/h4-7,11H,8H2,1-3H3/t11-/m1/s1. The van der Waals surface area contributed by atoms with Crippen molar-refractivity contribution in [3.63, 3.8) is 0 Å². The summed E-state index contributed by atoms with van der Waals surface area (Å²) in [6, 6.07) is 4.30. The lowest BCUT2D eigenvalue weighted by atomic mass is 10.0. The van der Waals surface area contributed by atoms with Crippen LogP contribution >= 0.6 is 0 Å². The second kappa shape index (κ2) is 5.75. The van der Waals surface area contributed by atoms with Gasteiger partial charge in [-0.15, -0.1) is 0 Å². The molecular formula is C15H16FNO5. The number of hydrogen-bond acceptors (Lipinski definition) is 5. The van der Waals surface area contributed by atoms with Gasteiger partial charge in [0.05, 0.1) is 12.5 Å². The Balaban J connectivity index is 2.33. The summed E-state index contributed by atoms with van der Waals surface area (Å²) in [5, 5.41) is 0. The Hall–Kier alpha value is -2.44. The van der Waals surface area contributed by atoms with Crippen LogP contribution in [0.25, 0.3) is 0 Å². The number of nitrogens with zero attached hydrogens (tertiary/aromatic N) is 1. The van der Waals surface area contributed by atoms with Crippen LogP contribution in [0.15, 0.2) is 24.3 Å². The molecule has 1 aliphatic heterocycles. The van der Waals surface area contributed by atoms with Crippen LogP contribution in [-0.2, 0) is 14.3 Å². The zero-order chi connectivity index (χ0) is 16.5. The van der Waals surface area contributed by atoms with E-state index in [2.05, 4.69) is 4.74 Å². The van der Waals surface area contributed by atoms with Crippen molar-refractivity contribution in [2.45, 2.75) is 38.8 Å². The number of imide groups is 1. The average molecular weight is 309 g/mol. The summed E-state index contributed by atoms with van der Waals surface area (Å²) >= 11 is 0. The van der Waals surface area contributed by atoms with Crippen LogP contribution in [0.4, 0.5) is 14.0 Å². The third-order valence-corrected chi connectivity index (χ3v) is 2.91. The van der Waals surface area contributed by atoms with E-state index in [0.717, 1.165) is 4.90 Å². The first-order valence-corrected chi connectivity index (χ1v) is 6.70. The van der Waals surface area contributed by atoms with Gasteiger partial charge in [-0.25, -0.2) is 18.9 Å². The lowest BCUT2D eigenvalue weighted by Gasteiger charge is -2.33. The Morgan fingerprint density at radius 2 is 1.86 bits per heavy atom. The van der Waals surface area contributed by atoms with E-state index >= 15 is 0 Å². The Kier molecular flexibility index (Phi) is 4.16. The molecule has 2 rings (SSSR count). The molecule has 1 aromatic carbocycles. The Bertz CT molecular complexity index is 605. The maximum absolute atomic E-state index is 13.0. The molecule has 0 saturated carbocycles. The van der Waals surface area contributed by atoms with Gasteiger partial charge in [0.25, 0.3) is 0 Å². The smallest absolute Gasteiger partial charge is 0.427 e. The highest BCUT2D eigenvalue weighted by atomic mass is 19.1. The third-order valence-electron chi connectivity index (χ3n) is 2.91. The van der Waals surface area contributed by atoms with Crippen LogP contribution in [0.2, 0.25) is 0 Å². The van der Waals surface area contributed by atoms with Crippen LogP contribution in [0.3, 0.4) is 0 Å². The van der Waals surface area contributed by atoms with E-state index in [9.17, 15) is 18.8 Å². The first-order valence-electron chi connectivity index (χ1n) is 6.70. The molecule has 1 atom stereocenters. The van der Waals surface area contributed by atoms with Crippen molar-refractivity contribution in [3.8, 4) is 0 Å². The molecular weight excluding hydrogens is 293 g/mol. The summed E-state index contributed by atoms with van der Waals surface area (Å²) in [6.45, 7) is 4.95. The van der Waals surface area contributed by atoms with Crippen LogP contribution in [0.1, 0.15) is 38.8 Å². The Labute approximate surface area is 126 Å². The molecule has 6 nitrogen and oxygen atoms in total. The topological polar surface area (TPSA) is 72.9 Å². The molecule has 7 heteroatoms. The van der Waals surface area contributed by atoms with Crippen molar-refractivity contribution in [3.05, 3.63) is 35.6 Å². The molecule has 22 heavy (non-hydrogen) atoms. The number of halogens is 1. The van der Waals surface area contributed by atoms with E-state index in [1.165, 1.54) is 24.3 Å². The minimum absolute atomic E-state index is 0.212. The van der Waals surface area contributed by atoms with E-state index in [4.69, 9.17) is 4.74 Å². The number of carbonyl (C=O) groups is 3. The van der Waals surface area contributed by atoms with Crippen molar-refractivity contribution in [2.75, 3.05) is 0 Å². The number of amides is 2. The number of hydrogen-bond donors (Lipinski definition) is 0. The molecule has 1 fully saturated rings. The van der Waals surface area contributed by atoms with Gasteiger partial charge in [0.1, 0.15) is 11.4 Å². The molecule has 0 aromatic heterocycles. The maximum Gasteiger partial charge on any atom is 0.427 e. The molecule has 118 valence electrons. The van der Waals surface area contributed by atoms with Crippen molar-refractivity contribution >= 4 is 18.2 Å². The lowest BCUT2D eigenvalue weighted by Crippen LogP contribution is -2.48. The largest absolute Gasteiger partial charge is 0.443 e. The zero-order valence-corrected chi connectivity index (χ0v) is 12.5. The molecule has 0 spiro atoms.